The van der Waals surface area contributed by atoms with Crippen molar-refractivity contribution in [2.75, 3.05) is 24.8 Å². The lowest BCUT2D eigenvalue weighted by molar-refractivity contribution is 0.413. The van der Waals surface area contributed by atoms with E-state index in [-0.39, 0.29) is 5.92 Å². The molecule has 0 amide bonds. The third kappa shape index (κ3) is 4.21. The van der Waals surface area contributed by atoms with Crippen LogP contribution in [0.4, 0.5) is 17.5 Å². The van der Waals surface area contributed by atoms with Crippen LogP contribution in [0, 0.1) is 0 Å². The topological polar surface area (TPSA) is 76.9 Å². The molecule has 0 spiro atoms. The summed E-state index contributed by atoms with van der Waals surface area (Å²) in [6.07, 6.45) is 5.29. The number of nitrogens with one attached hydrogen (secondary N) is 2. The first-order valence-electron chi connectivity index (χ1n) is 10.5. The first-order chi connectivity index (χ1) is 16.1. The minimum Gasteiger partial charge on any atom is -0.494 e. The van der Waals surface area contributed by atoms with Gasteiger partial charge >= 0.3 is 0 Å². The summed E-state index contributed by atoms with van der Waals surface area (Å²) in [5.41, 5.74) is 5.04. The number of rotatable bonds is 6. The molecule has 4 aromatic rings. The number of anilines is 3. The molecule has 9 heteroatoms. The zero-order chi connectivity index (χ0) is 22.9. The highest BCUT2D eigenvalue weighted by atomic mass is 35.5. The van der Waals surface area contributed by atoms with Gasteiger partial charge in [0.1, 0.15) is 23.0 Å². The average molecular weight is 481 g/mol. The normalized spacial score (nSPS) is 14.7. The fraction of sp³-hybridized carbons (Fsp3) is 0.208. The summed E-state index contributed by atoms with van der Waals surface area (Å²) in [4.78, 5) is 13.7. The van der Waals surface area contributed by atoms with Crippen molar-refractivity contribution in [3.05, 3.63) is 82.0 Å². The van der Waals surface area contributed by atoms with Crippen LogP contribution in [0.2, 0.25) is 10.2 Å². The second-order valence-electron chi connectivity index (χ2n) is 7.77. The standard InChI is InChI=1S/C24H22Cl2N6O/c1-27-23-18-9-8-17(14-3-5-15(25)6-4-14)22(18)30-24(31-23)29-16-7-10-19(20(11-16)33-2)32-12-21(26)28-13-32/h3-7,10-13,17H,8-9H2,1-2H3,(H2,27,29,30,31)/t17-/m1/s1. The monoisotopic (exact) mass is 480 g/mol. The molecule has 0 saturated carbocycles. The van der Waals surface area contributed by atoms with Crippen LogP contribution < -0.4 is 15.4 Å². The molecule has 0 fully saturated rings. The van der Waals surface area contributed by atoms with Crippen molar-refractivity contribution >= 4 is 40.7 Å². The fourth-order valence-corrected chi connectivity index (χ4v) is 4.55. The average Bonchev–Trinajstić information content (AvgIpc) is 3.45. The minimum absolute atomic E-state index is 0.204. The fourth-order valence-electron chi connectivity index (χ4n) is 4.27. The Morgan fingerprint density at radius 2 is 1.91 bits per heavy atom. The van der Waals surface area contributed by atoms with E-state index in [0.717, 1.165) is 46.3 Å². The molecule has 168 valence electrons. The van der Waals surface area contributed by atoms with Gasteiger partial charge in [0.25, 0.3) is 0 Å². The van der Waals surface area contributed by atoms with E-state index in [2.05, 4.69) is 27.8 Å². The lowest BCUT2D eigenvalue weighted by Crippen LogP contribution is -2.08. The summed E-state index contributed by atoms with van der Waals surface area (Å²) in [6.45, 7) is 0. The van der Waals surface area contributed by atoms with Gasteiger partial charge < -0.3 is 19.9 Å². The van der Waals surface area contributed by atoms with E-state index >= 15 is 0 Å². The zero-order valence-corrected chi connectivity index (χ0v) is 19.7. The molecule has 2 heterocycles. The summed E-state index contributed by atoms with van der Waals surface area (Å²) in [7, 11) is 3.51. The molecule has 0 aliphatic heterocycles. The number of methoxy groups -OCH3 is 1. The first-order valence-corrected chi connectivity index (χ1v) is 11.3. The molecule has 1 atom stereocenters. The van der Waals surface area contributed by atoms with Crippen LogP contribution in [0.25, 0.3) is 5.69 Å². The predicted octanol–water partition coefficient (Wildman–Crippen LogP) is 5.84. The molecule has 0 saturated heterocycles. The quantitative estimate of drug-likeness (QED) is 0.360. The Morgan fingerprint density at radius 3 is 2.61 bits per heavy atom. The summed E-state index contributed by atoms with van der Waals surface area (Å²) >= 11 is 12.1. The number of halogens is 2. The van der Waals surface area contributed by atoms with Gasteiger partial charge in [0.2, 0.25) is 5.95 Å². The number of fused-ring (bicyclic) bond motifs is 1. The van der Waals surface area contributed by atoms with Crippen LogP contribution in [-0.4, -0.2) is 33.7 Å². The number of imidazole rings is 1. The summed E-state index contributed by atoms with van der Waals surface area (Å²) in [5, 5.41) is 7.71. The van der Waals surface area contributed by atoms with Gasteiger partial charge in [-0.1, -0.05) is 35.3 Å². The van der Waals surface area contributed by atoms with E-state index < -0.39 is 0 Å². The molecule has 2 N–H and O–H groups in total. The molecular weight excluding hydrogens is 459 g/mol. The van der Waals surface area contributed by atoms with Crippen molar-refractivity contribution in [2.24, 2.45) is 0 Å². The lowest BCUT2D eigenvalue weighted by Gasteiger charge is -2.16. The Labute approximate surface area is 201 Å². The number of hydrogen-bond donors (Lipinski definition) is 2. The van der Waals surface area contributed by atoms with E-state index in [4.69, 9.17) is 37.9 Å². The largest absolute Gasteiger partial charge is 0.494 e. The Balaban J connectivity index is 1.48. The second-order valence-corrected chi connectivity index (χ2v) is 8.59. The number of nitrogens with zero attached hydrogens (tertiary/aromatic N) is 4. The Kier molecular flexibility index (Phi) is 5.83. The molecule has 2 aromatic carbocycles. The molecule has 5 rings (SSSR count). The van der Waals surface area contributed by atoms with Gasteiger partial charge in [-0.2, -0.15) is 4.98 Å². The van der Waals surface area contributed by atoms with Gasteiger partial charge in [-0.15, -0.1) is 0 Å². The Bertz CT molecular complexity index is 1310. The maximum atomic E-state index is 6.09. The maximum Gasteiger partial charge on any atom is 0.229 e. The van der Waals surface area contributed by atoms with Crippen molar-refractivity contribution < 1.29 is 4.74 Å². The third-order valence-electron chi connectivity index (χ3n) is 5.83. The van der Waals surface area contributed by atoms with Crippen molar-refractivity contribution in [3.63, 3.8) is 0 Å². The van der Waals surface area contributed by atoms with Crippen molar-refractivity contribution in [2.45, 2.75) is 18.8 Å². The van der Waals surface area contributed by atoms with Crippen molar-refractivity contribution in [1.29, 1.82) is 0 Å². The molecule has 1 aliphatic rings. The summed E-state index contributed by atoms with van der Waals surface area (Å²) in [6, 6.07) is 13.8. The third-order valence-corrected chi connectivity index (χ3v) is 6.27. The number of aromatic nitrogens is 4. The lowest BCUT2D eigenvalue weighted by atomic mass is 9.97. The summed E-state index contributed by atoms with van der Waals surface area (Å²) in [5.74, 6) is 2.24. The van der Waals surface area contributed by atoms with Crippen molar-refractivity contribution in [1.82, 2.24) is 19.5 Å². The molecule has 33 heavy (non-hydrogen) atoms. The minimum atomic E-state index is 0.204. The van der Waals surface area contributed by atoms with Crippen LogP contribution in [0.3, 0.4) is 0 Å². The smallest absolute Gasteiger partial charge is 0.229 e. The van der Waals surface area contributed by atoms with Crippen LogP contribution in [0.1, 0.15) is 29.2 Å². The molecule has 0 unspecified atom stereocenters. The Morgan fingerprint density at radius 1 is 1.09 bits per heavy atom. The first kappa shape index (κ1) is 21.6. The van der Waals surface area contributed by atoms with Gasteiger partial charge in [0, 0.05) is 41.5 Å². The second kappa shape index (κ2) is 8.92. The van der Waals surface area contributed by atoms with Crippen LogP contribution >= 0.6 is 23.2 Å². The van der Waals surface area contributed by atoms with Gasteiger partial charge in [-0.25, -0.2) is 9.97 Å². The molecular formula is C24H22Cl2N6O. The van der Waals surface area contributed by atoms with Gasteiger partial charge in [0.05, 0.1) is 18.5 Å². The Hall–Kier alpha value is -3.29. The van der Waals surface area contributed by atoms with Gasteiger partial charge in [-0.3, -0.25) is 0 Å². The number of benzene rings is 2. The van der Waals surface area contributed by atoms with Crippen LogP contribution in [0.5, 0.6) is 5.75 Å². The van der Waals surface area contributed by atoms with Gasteiger partial charge in [0.15, 0.2) is 0 Å². The maximum absolute atomic E-state index is 6.09. The van der Waals surface area contributed by atoms with Crippen LogP contribution in [-0.2, 0) is 6.42 Å². The molecule has 0 radical (unpaired) electrons. The van der Waals surface area contributed by atoms with Crippen LogP contribution in [0.15, 0.2) is 55.0 Å². The van der Waals surface area contributed by atoms with E-state index in [1.807, 2.05) is 41.9 Å². The highest BCUT2D eigenvalue weighted by molar-refractivity contribution is 6.30. The SMILES string of the molecule is CNc1nc(Nc2ccc(-n3cnc(Cl)c3)c(OC)c2)nc2c1CC[C@@H]2c1ccc(Cl)cc1. The van der Waals surface area contributed by atoms with E-state index in [1.54, 1.807) is 19.6 Å². The molecule has 2 aromatic heterocycles. The summed E-state index contributed by atoms with van der Waals surface area (Å²) < 4.78 is 7.41. The van der Waals surface area contributed by atoms with E-state index in [9.17, 15) is 0 Å². The predicted molar refractivity (Wildman–Crippen MR) is 132 cm³/mol. The number of hydrogen-bond acceptors (Lipinski definition) is 6. The zero-order valence-electron chi connectivity index (χ0n) is 18.1. The highest BCUT2D eigenvalue weighted by Gasteiger charge is 2.29. The van der Waals surface area contributed by atoms with E-state index in [0.29, 0.717) is 16.9 Å². The molecule has 0 bridgehead atoms. The van der Waals surface area contributed by atoms with Crippen molar-refractivity contribution in [3.8, 4) is 11.4 Å². The van der Waals surface area contributed by atoms with E-state index in [1.165, 1.54) is 5.56 Å². The van der Waals surface area contributed by atoms with Gasteiger partial charge in [-0.05, 0) is 42.7 Å². The number of ether oxygens (including phenoxy) is 1. The highest BCUT2D eigenvalue weighted by Crippen LogP contribution is 2.40. The molecule has 1 aliphatic carbocycles. The molecule has 7 nitrogen and oxygen atoms in total.